The lowest BCUT2D eigenvalue weighted by Gasteiger charge is -1.94. The van der Waals surface area contributed by atoms with Crippen molar-refractivity contribution < 1.29 is 0 Å². The first kappa shape index (κ1) is 5.31. The van der Waals surface area contributed by atoms with Crippen LogP contribution < -0.4 is 5.73 Å². The van der Waals surface area contributed by atoms with Gasteiger partial charge in [-0.15, -0.1) is 0 Å². The molecule has 0 aromatic heterocycles. The van der Waals surface area contributed by atoms with E-state index in [-0.39, 0.29) is 0 Å². The molecule has 2 heteroatoms. The molecule has 0 unspecified atom stereocenters. The maximum atomic E-state index is 5.07. The van der Waals surface area contributed by atoms with Crippen LogP contribution in [0.4, 0.5) is 0 Å². The minimum absolute atomic E-state index is 0.740. The Labute approximate surface area is 38.0 Å². The summed E-state index contributed by atoms with van der Waals surface area (Å²) in [6.07, 6.45) is 0.981. The standard InChI is InChI=1S/C3H9NS/c4-2-1-3-5/h5H,1-4H2/p-1. The quantitative estimate of drug-likeness (QED) is 0.478. The van der Waals surface area contributed by atoms with E-state index in [0.717, 1.165) is 18.7 Å². The van der Waals surface area contributed by atoms with Gasteiger partial charge in [-0.05, 0) is 6.54 Å². The van der Waals surface area contributed by atoms with Crippen molar-refractivity contribution in [1.29, 1.82) is 0 Å². The maximum absolute atomic E-state index is 5.07. The van der Waals surface area contributed by atoms with Crippen LogP contribution in [0.3, 0.4) is 0 Å². The van der Waals surface area contributed by atoms with Crippen molar-refractivity contribution in [3.63, 3.8) is 0 Å². The summed E-state index contributed by atoms with van der Waals surface area (Å²) in [5.74, 6) is 0.802. The molecule has 0 saturated heterocycles. The predicted octanol–water partition coefficient (Wildman–Crippen LogP) is -0.118. The molecule has 0 aliphatic carbocycles. The number of hydrogen-bond donors (Lipinski definition) is 1. The molecule has 5 heavy (non-hydrogen) atoms. The van der Waals surface area contributed by atoms with Gasteiger partial charge in [0.15, 0.2) is 0 Å². The third kappa shape index (κ3) is 4.31. The summed E-state index contributed by atoms with van der Waals surface area (Å²) in [6.45, 7) is 0.740. The average Bonchev–Trinajstić information content (AvgIpc) is 1.41. The molecule has 1 nitrogen and oxygen atoms in total. The molecular formula is C3H8NS-. The van der Waals surface area contributed by atoms with E-state index in [9.17, 15) is 0 Å². The zero-order valence-corrected chi connectivity index (χ0v) is 3.92. The van der Waals surface area contributed by atoms with Crippen molar-refractivity contribution in [1.82, 2.24) is 0 Å². The van der Waals surface area contributed by atoms with Crippen molar-refractivity contribution in [2.75, 3.05) is 12.3 Å². The molecular weight excluding hydrogens is 82.1 g/mol. The lowest BCUT2D eigenvalue weighted by Crippen LogP contribution is -1.98. The van der Waals surface area contributed by atoms with Gasteiger partial charge in [-0.2, -0.15) is 5.75 Å². The summed E-state index contributed by atoms with van der Waals surface area (Å²) >= 11 is 4.57. The predicted molar refractivity (Wildman–Crippen MR) is 25.9 cm³/mol. The van der Waals surface area contributed by atoms with E-state index < -0.39 is 0 Å². The minimum atomic E-state index is 0.740. The normalized spacial score (nSPS) is 8.40. The molecule has 0 aromatic rings. The Kier molecular flexibility index (Phi) is 4.58. The van der Waals surface area contributed by atoms with Crippen molar-refractivity contribution in [3.05, 3.63) is 0 Å². The molecule has 0 spiro atoms. The zero-order chi connectivity index (χ0) is 4.12. The van der Waals surface area contributed by atoms with Crippen LogP contribution in [0.1, 0.15) is 6.42 Å². The highest BCUT2D eigenvalue weighted by Crippen LogP contribution is 1.64. The van der Waals surface area contributed by atoms with Crippen molar-refractivity contribution in [2.45, 2.75) is 6.42 Å². The second-order valence-electron chi connectivity index (χ2n) is 0.846. The highest BCUT2D eigenvalue weighted by Gasteiger charge is 1.60. The third-order valence-electron chi connectivity index (χ3n) is 0.348. The van der Waals surface area contributed by atoms with Crippen LogP contribution >= 0.6 is 0 Å². The summed E-state index contributed by atoms with van der Waals surface area (Å²) in [7, 11) is 0. The van der Waals surface area contributed by atoms with Gasteiger partial charge >= 0.3 is 0 Å². The van der Waals surface area contributed by atoms with E-state index in [4.69, 9.17) is 5.73 Å². The molecule has 0 atom stereocenters. The molecule has 32 valence electrons. The highest BCUT2D eigenvalue weighted by atomic mass is 32.1. The van der Waals surface area contributed by atoms with Gasteiger partial charge in [0.2, 0.25) is 0 Å². The van der Waals surface area contributed by atoms with Crippen LogP contribution in [0.2, 0.25) is 0 Å². The highest BCUT2D eigenvalue weighted by molar-refractivity contribution is 7.58. The zero-order valence-electron chi connectivity index (χ0n) is 3.11. The van der Waals surface area contributed by atoms with Crippen molar-refractivity contribution in [3.8, 4) is 0 Å². The van der Waals surface area contributed by atoms with E-state index in [1.807, 2.05) is 0 Å². The van der Waals surface area contributed by atoms with Crippen LogP contribution in [-0.4, -0.2) is 12.3 Å². The fourth-order valence-corrected chi connectivity index (χ4v) is 0.250. The van der Waals surface area contributed by atoms with E-state index >= 15 is 0 Å². The first-order valence-corrected chi connectivity index (χ1v) is 2.27. The van der Waals surface area contributed by atoms with Gasteiger partial charge in [0.25, 0.3) is 0 Å². The summed E-state index contributed by atoms with van der Waals surface area (Å²) < 4.78 is 0. The van der Waals surface area contributed by atoms with E-state index in [1.165, 1.54) is 0 Å². The Balaban J connectivity index is 2.19. The summed E-state index contributed by atoms with van der Waals surface area (Å²) in [4.78, 5) is 0. The van der Waals surface area contributed by atoms with Crippen LogP contribution in [0.5, 0.6) is 0 Å². The van der Waals surface area contributed by atoms with Gasteiger partial charge in [-0.1, -0.05) is 6.42 Å². The van der Waals surface area contributed by atoms with E-state index in [2.05, 4.69) is 12.6 Å². The van der Waals surface area contributed by atoms with Gasteiger partial charge < -0.3 is 18.4 Å². The van der Waals surface area contributed by atoms with Crippen molar-refractivity contribution in [2.24, 2.45) is 5.73 Å². The fourth-order valence-electron chi connectivity index (χ4n) is 0.0833. The van der Waals surface area contributed by atoms with Crippen LogP contribution in [0, 0.1) is 0 Å². The first-order chi connectivity index (χ1) is 2.41. The lowest BCUT2D eigenvalue weighted by molar-refractivity contribution is 0.945. The topological polar surface area (TPSA) is 26.0 Å². The Morgan fingerprint density at radius 3 is 2.20 bits per heavy atom. The van der Waals surface area contributed by atoms with E-state index in [0.29, 0.717) is 0 Å². The second-order valence-corrected chi connectivity index (χ2v) is 1.25. The molecule has 0 bridgehead atoms. The monoisotopic (exact) mass is 90.0 g/mol. The summed E-state index contributed by atoms with van der Waals surface area (Å²) in [6, 6.07) is 0. The maximum Gasteiger partial charge on any atom is -0.00956 e. The number of hydrogen-bond acceptors (Lipinski definition) is 2. The van der Waals surface area contributed by atoms with Crippen molar-refractivity contribution >= 4 is 12.6 Å². The van der Waals surface area contributed by atoms with E-state index in [1.54, 1.807) is 0 Å². The fraction of sp³-hybridized carbons (Fsp3) is 1.00. The summed E-state index contributed by atoms with van der Waals surface area (Å²) in [5, 5.41) is 0. The van der Waals surface area contributed by atoms with Gasteiger partial charge in [0.1, 0.15) is 0 Å². The molecule has 0 aliphatic heterocycles. The number of nitrogens with two attached hydrogens (primary N) is 1. The molecule has 0 heterocycles. The average molecular weight is 90.2 g/mol. The molecule has 0 aromatic carbocycles. The SMILES string of the molecule is NCCC[S-]. The number of rotatable bonds is 2. The molecule has 0 saturated carbocycles. The second kappa shape index (κ2) is 4.31. The largest absolute Gasteiger partial charge is 0.793 e. The smallest absolute Gasteiger partial charge is 0.00956 e. The van der Waals surface area contributed by atoms with Gasteiger partial charge in [-0.3, -0.25) is 0 Å². The Morgan fingerprint density at radius 2 is 2.20 bits per heavy atom. The Morgan fingerprint density at radius 1 is 1.60 bits per heavy atom. The molecule has 0 aliphatic rings. The van der Waals surface area contributed by atoms with Crippen LogP contribution in [0.25, 0.3) is 0 Å². The first-order valence-electron chi connectivity index (χ1n) is 1.70. The Hall–Kier alpha value is 0.310. The summed E-state index contributed by atoms with van der Waals surface area (Å²) in [5.41, 5.74) is 5.07. The third-order valence-corrected chi connectivity index (χ3v) is 0.637. The molecule has 0 radical (unpaired) electrons. The molecule has 0 rings (SSSR count). The van der Waals surface area contributed by atoms with Gasteiger partial charge in [-0.25, -0.2) is 0 Å². The lowest BCUT2D eigenvalue weighted by atomic mass is 10.5. The van der Waals surface area contributed by atoms with Crippen LogP contribution in [0.15, 0.2) is 0 Å². The molecule has 0 fully saturated rings. The molecule has 0 amide bonds. The Bertz CT molecular complexity index is 14.4. The molecule has 2 N–H and O–H groups in total. The van der Waals surface area contributed by atoms with Gasteiger partial charge in [0, 0.05) is 0 Å². The minimum Gasteiger partial charge on any atom is -0.793 e. The van der Waals surface area contributed by atoms with Gasteiger partial charge in [0.05, 0.1) is 0 Å². The van der Waals surface area contributed by atoms with Crippen LogP contribution in [-0.2, 0) is 12.6 Å².